The Morgan fingerprint density at radius 3 is 2.79 bits per heavy atom. The van der Waals surface area contributed by atoms with Gasteiger partial charge in [0.1, 0.15) is 0 Å². The third-order valence-electron chi connectivity index (χ3n) is 4.73. The van der Waals surface area contributed by atoms with Gasteiger partial charge in [-0.05, 0) is 38.2 Å². The lowest BCUT2D eigenvalue weighted by atomic mass is 9.86. The van der Waals surface area contributed by atoms with Crippen LogP contribution < -0.4 is 4.90 Å². The van der Waals surface area contributed by atoms with Crippen LogP contribution in [0, 0.1) is 0 Å². The standard InChI is InChI=1S/C18H23N3O3/c1-3-18(13-14-9-6-5-7-10-14)11-8-12-21(18)17-20-19-15(24-17)16(22)23-4-2/h5-7,9-10H,3-4,8,11-13H2,1-2H3. The first-order chi connectivity index (χ1) is 11.7. The molecule has 3 rings (SSSR count). The largest absolute Gasteiger partial charge is 0.459 e. The summed E-state index contributed by atoms with van der Waals surface area (Å²) < 4.78 is 10.5. The third-order valence-corrected chi connectivity index (χ3v) is 4.73. The van der Waals surface area contributed by atoms with E-state index in [1.54, 1.807) is 6.92 Å². The van der Waals surface area contributed by atoms with Gasteiger partial charge < -0.3 is 14.1 Å². The van der Waals surface area contributed by atoms with E-state index >= 15 is 0 Å². The number of carbonyl (C=O) groups excluding carboxylic acids is 1. The fraction of sp³-hybridized carbons (Fsp3) is 0.500. The summed E-state index contributed by atoms with van der Waals surface area (Å²) in [6, 6.07) is 10.8. The van der Waals surface area contributed by atoms with Gasteiger partial charge in [-0.1, -0.05) is 47.5 Å². The van der Waals surface area contributed by atoms with Crippen LogP contribution in [0.4, 0.5) is 6.01 Å². The summed E-state index contributed by atoms with van der Waals surface area (Å²) in [6.07, 6.45) is 4.02. The Morgan fingerprint density at radius 1 is 1.29 bits per heavy atom. The van der Waals surface area contributed by atoms with Crippen molar-refractivity contribution in [3.8, 4) is 0 Å². The van der Waals surface area contributed by atoms with Crippen molar-refractivity contribution < 1.29 is 13.9 Å². The molecular formula is C18H23N3O3. The molecule has 0 amide bonds. The average Bonchev–Trinajstić information content (AvgIpc) is 3.23. The lowest BCUT2D eigenvalue weighted by molar-refractivity contribution is 0.0481. The second-order valence-electron chi connectivity index (χ2n) is 6.11. The highest BCUT2D eigenvalue weighted by atomic mass is 16.5. The molecule has 0 spiro atoms. The van der Waals surface area contributed by atoms with Gasteiger partial charge in [-0.2, -0.15) is 0 Å². The van der Waals surface area contributed by atoms with E-state index in [1.807, 2.05) is 6.07 Å². The van der Waals surface area contributed by atoms with Crippen LogP contribution >= 0.6 is 0 Å². The Bertz CT molecular complexity index is 686. The van der Waals surface area contributed by atoms with E-state index in [0.717, 1.165) is 32.2 Å². The molecule has 1 aliphatic heterocycles. The van der Waals surface area contributed by atoms with Crippen LogP contribution in [-0.4, -0.2) is 34.9 Å². The van der Waals surface area contributed by atoms with Crippen LogP contribution in [0.2, 0.25) is 0 Å². The van der Waals surface area contributed by atoms with Crippen molar-refractivity contribution in [2.45, 2.75) is 45.1 Å². The van der Waals surface area contributed by atoms with Crippen LogP contribution in [0.1, 0.15) is 49.4 Å². The normalized spacial score (nSPS) is 20.3. The van der Waals surface area contributed by atoms with E-state index in [1.165, 1.54) is 5.56 Å². The van der Waals surface area contributed by atoms with Crippen molar-refractivity contribution in [3.63, 3.8) is 0 Å². The van der Waals surface area contributed by atoms with E-state index < -0.39 is 5.97 Å². The zero-order valence-electron chi connectivity index (χ0n) is 14.2. The predicted molar refractivity (Wildman–Crippen MR) is 90.0 cm³/mol. The predicted octanol–water partition coefficient (Wildman–Crippen LogP) is 3.24. The van der Waals surface area contributed by atoms with Gasteiger partial charge in [0.05, 0.1) is 6.61 Å². The van der Waals surface area contributed by atoms with Gasteiger partial charge in [-0.3, -0.25) is 0 Å². The van der Waals surface area contributed by atoms with E-state index in [2.05, 4.69) is 46.3 Å². The number of hydrogen-bond donors (Lipinski definition) is 0. The van der Waals surface area contributed by atoms with Crippen molar-refractivity contribution in [3.05, 3.63) is 41.8 Å². The quantitative estimate of drug-likeness (QED) is 0.758. The van der Waals surface area contributed by atoms with E-state index in [9.17, 15) is 4.79 Å². The molecule has 2 aromatic rings. The number of hydrogen-bond acceptors (Lipinski definition) is 6. The minimum Gasteiger partial charge on any atom is -0.459 e. The topological polar surface area (TPSA) is 68.5 Å². The van der Waals surface area contributed by atoms with Crippen molar-refractivity contribution in [2.24, 2.45) is 0 Å². The number of ether oxygens (including phenoxy) is 1. The molecule has 1 aliphatic rings. The van der Waals surface area contributed by atoms with E-state index in [-0.39, 0.29) is 18.0 Å². The van der Waals surface area contributed by atoms with Crippen molar-refractivity contribution >= 4 is 12.0 Å². The van der Waals surface area contributed by atoms with Gasteiger partial charge in [-0.25, -0.2) is 4.79 Å². The van der Waals surface area contributed by atoms with Crippen LogP contribution in [0.25, 0.3) is 0 Å². The maximum Gasteiger partial charge on any atom is 0.396 e. The average molecular weight is 329 g/mol. The Kier molecular flexibility index (Phi) is 4.83. The maximum absolute atomic E-state index is 11.8. The van der Waals surface area contributed by atoms with Crippen LogP contribution in [0.3, 0.4) is 0 Å². The summed E-state index contributed by atoms with van der Waals surface area (Å²) in [4.78, 5) is 13.9. The minimum atomic E-state index is -0.569. The van der Waals surface area contributed by atoms with Crippen LogP contribution in [0.15, 0.2) is 34.7 Å². The Balaban J connectivity index is 1.84. The molecule has 1 unspecified atom stereocenters. The number of rotatable bonds is 6. The number of nitrogens with zero attached hydrogens (tertiary/aromatic N) is 3. The number of aromatic nitrogens is 2. The lowest BCUT2D eigenvalue weighted by Crippen LogP contribution is -2.45. The Morgan fingerprint density at radius 2 is 2.08 bits per heavy atom. The smallest absolute Gasteiger partial charge is 0.396 e. The van der Waals surface area contributed by atoms with Gasteiger partial charge in [0.2, 0.25) is 0 Å². The first kappa shape index (κ1) is 16.5. The second-order valence-corrected chi connectivity index (χ2v) is 6.11. The second kappa shape index (κ2) is 7.03. The number of anilines is 1. The molecule has 24 heavy (non-hydrogen) atoms. The number of esters is 1. The molecule has 1 saturated heterocycles. The summed E-state index contributed by atoms with van der Waals surface area (Å²) >= 11 is 0. The molecule has 0 bridgehead atoms. The fourth-order valence-corrected chi connectivity index (χ4v) is 3.49. The summed E-state index contributed by atoms with van der Waals surface area (Å²) in [6.45, 7) is 5.07. The molecule has 0 saturated carbocycles. The molecule has 2 heterocycles. The highest BCUT2D eigenvalue weighted by molar-refractivity contribution is 5.84. The van der Waals surface area contributed by atoms with Gasteiger partial charge in [-0.15, -0.1) is 0 Å². The fourth-order valence-electron chi connectivity index (χ4n) is 3.49. The van der Waals surface area contributed by atoms with Gasteiger partial charge in [0.15, 0.2) is 0 Å². The molecule has 1 aromatic heterocycles. The Labute approximate surface area is 141 Å². The SMILES string of the molecule is CCOC(=O)c1nnc(N2CCCC2(CC)Cc2ccccc2)o1. The van der Waals surface area contributed by atoms with Gasteiger partial charge >= 0.3 is 17.9 Å². The van der Waals surface area contributed by atoms with Crippen LogP contribution in [0.5, 0.6) is 0 Å². The molecule has 1 fully saturated rings. The Hall–Kier alpha value is -2.37. The van der Waals surface area contributed by atoms with Gasteiger partial charge in [0, 0.05) is 12.1 Å². The maximum atomic E-state index is 11.8. The monoisotopic (exact) mass is 329 g/mol. The molecule has 0 aliphatic carbocycles. The summed E-state index contributed by atoms with van der Waals surface area (Å²) in [5.41, 5.74) is 1.23. The molecule has 0 radical (unpaired) electrons. The van der Waals surface area contributed by atoms with Gasteiger partial charge in [0.25, 0.3) is 0 Å². The molecule has 1 atom stereocenters. The first-order valence-electron chi connectivity index (χ1n) is 8.50. The lowest BCUT2D eigenvalue weighted by Gasteiger charge is -2.37. The van der Waals surface area contributed by atoms with Crippen molar-refractivity contribution in [2.75, 3.05) is 18.1 Å². The number of carbonyl (C=O) groups is 1. The number of benzene rings is 1. The first-order valence-corrected chi connectivity index (χ1v) is 8.50. The molecular weight excluding hydrogens is 306 g/mol. The van der Waals surface area contributed by atoms with Crippen molar-refractivity contribution in [1.29, 1.82) is 0 Å². The molecule has 1 aromatic carbocycles. The zero-order chi connectivity index (χ0) is 17.0. The third kappa shape index (κ3) is 3.13. The highest BCUT2D eigenvalue weighted by Gasteiger charge is 2.42. The van der Waals surface area contributed by atoms with Crippen LogP contribution in [-0.2, 0) is 11.2 Å². The molecule has 6 heteroatoms. The minimum absolute atomic E-state index is 0.0557. The summed E-state index contributed by atoms with van der Waals surface area (Å²) in [5, 5.41) is 7.95. The molecule has 6 nitrogen and oxygen atoms in total. The van der Waals surface area contributed by atoms with Crippen molar-refractivity contribution in [1.82, 2.24) is 10.2 Å². The van der Waals surface area contributed by atoms with E-state index in [0.29, 0.717) is 6.01 Å². The zero-order valence-corrected chi connectivity index (χ0v) is 14.2. The summed E-state index contributed by atoms with van der Waals surface area (Å²) in [7, 11) is 0. The molecule has 128 valence electrons. The van der Waals surface area contributed by atoms with E-state index in [4.69, 9.17) is 9.15 Å². The molecule has 0 N–H and O–H groups in total. The summed E-state index contributed by atoms with van der Waals surface area (Å²) in [5.74, 6) is -0.649. The highest BCUT2D eigenvalue weighted by Crippen LogP contribution is 2.38.